The van der Waals surface area contributed by atoms with Crippen molar-refractivity contribution in [2.45, 2.75) is 13.2 Å². The Bertz CT molecular complexity index is 775. The number of carboxylic acids is 2. The van der Waals surface area contributed by atoms with Crippen LogP contribution in [-0.2, 0) is 13.2 Å². The second-order valence-corrected chi connectivity index (χ2v) is 5.43. The van der Waals surface area contributed by atoms with E-state index in [1.807, 2.05) is 12.1 Å². The van der Waals surface area contributed by atoms with Crippen LogP contribution >= 0.6 is 0 Å². The predicted molar refractivity (Wildman–Crippen MR) is 105 cm³/mol. The molecule has 0 aliphatic carbocycles. The van der Waals surface area contributed by atoms with Crippen LogP contribution < -0.4 is 0 Å². The topological polar surface area (TPSA) is 115 Å². The molecule has 0 amide bonds. The van der Waals surface area contributed by atoms with Gasteiger partial charge in [0.2, 0.25) is 0 Å². The van der Waals surface area contributed by atoms with Gasteiger partial charge in [0, 0.05) is 0 Å². The van der Waals surface area contributed by atoms with Gasteiger partial charge in [0.15, 0.2) is 0 Å². The first-order chi connectivity index (χ1) is 13.5. The van der Waals surface area contributed by atoms with Gasteiger partial charge in [-0.25, -0.2) is 9.59 Å². The molecule has 0 radical (unpaired) electrons. The van der Waals surface area contributed by atoms with Crippen molar-refractivity contribution in [2.24, 2.45) is 0 Å². The number of hydrogen-bond donors (Lipinski definition) is 4. The lowest BCUT2D eigenvalue weighted by Gasteiger charge is -2.01. The fourth-order valence-electron chi connectivity index (χ4n) is 2.03. The molecule has 3 rings (SSSR count). The van der Waals surface area contributed by atoms with Crippen LogP contribution in [0.15, 0.2) is 84.9 Å². The molecule has 0 aromatic heterocycles. The number of rotatable bonds is 4. The minimum atomic E-state index is -0.879. The van der Waals surface area contributed by atoms with Crippen molar-refractivity contribution in [3.8, 4) is 0 Å². The van der Waals surface area contributed by atoms with Gasteiger partial charge in [-0.3, -0.25) is 0 Å². The van der Waals surface area contributed by atoms with E-state index in [0.717, 1.165) is 11.1 Å². The Morgan fingerprint density at radius 2 is 0.821 bits per heavy atom. The van der Waals surface area contributed by atoms with E-state index in [0.29, 0.717) is 11.1 Å². The zero-order valence-corrected chi connectivity index (χ0v) is 15.1. The van der Waals surface area contributed by atoms with Gasteiger partial charge in [0.1, 0.15) is 0 Å². The summed E-state index contributed by atoms with van der Waals surface area (Å²) in [4.78, 5) is 20.4. The molecule has 3 aromatic rings. The number of benzene rings is 3. The number of carbonyl (C=O) groups is 2. The van der Waals surface area contributed by atoms with Gasteiger partial charge in [-0.05, 0) is 35.4 Å². The molecular formula is C22H22O6. The average Bonchev–Trinajstić information content (AvgIpc) is 2.75. The summed E-state index contributed by atoms with van der Waals surface area (Å²) in [7, 11) is 0. The molecule has 0 bridgehead atoms. The molecule has 0 atom stereocenters. The highest BCUT2D eigenvalue weighted by molar-refractivity contribution is 5.87. The minimum Gasteiger partial charge on any atom is -0.478 e. The molecular weight excluding hydrogens is 360 g/mol. The van der Waals surface area contributed by atoms with E-state index < -0.39 is 11.9 Å². The summed E-state index contributed by atoms with van der Waals surface area (Å²) in [6.07, 6.45) is 0. The Labute approximate surface area is 163 Å². The highest BCUT2D eigenvalue weighted by Gasteiger charge is 1.97. The fraction of sp³-hybridized carbons (Fsp3) is 0.0909. The third-order valence-electron chi connectivity index (χ3n) is 3.50. The zero-order valence-electron chi connectivity index (χ0n) is 15.1. The van der Waals surface area contributed by atoms with Crippen LogP contribution in [0.5, 0.6) is 0 Å². The first kappa shape index (κ1) is 22.6. The van der Waals surface area contributed by atoms with E-state index in [1.165, 1.54) is 0 Å². The van der Waals surface area contributed by atoms with Gasteiger partial charge in [-0.2, -0.15) is 0 Å². The average molecular weight is 382 g/mol. The summed E-state index contributed by atoms with van der Waals surface area (Å²) in [6, 6.07) is 23.9. The van der Waals surface area contributed by atoms with Gasteiger partial charge in [-0.15, -0.1) is 0 Å². The van der Waals surface area contributed by atoms with Crippen LogP contribution in [-0.4, -0.2) is 32.4 Å². The van der Waals surface area contributed by atoms with Gasteiger partial charge in [-0.1, -0.05) is 60.7 Å². The summed E-state index contributed by atoms with van der Waals surface area (Å²) in [5.74, 6) is -1.76. The molecule has 0 unspecified atom stereocenters. The maximum Gasteiger partial charge on any atom is 0.335 e. The van der Waals surface area contributed by atoms with Crippen LogP contribution in [0.1, 0.15) is 31.8 Å². The molecule has 0 saturated carbocycles. The standard InChI is InChI=1S/C8H10O2.2C7H6O2/c9-5-7-3-1-2-4-8(7)6-10;2*8-7(9)6-4-2-1-3-5-6/h1-4,9-10H,5-6H2;2*1-5H,(H,8,9). The second kappa shape index (κ2) is 12.8. The molecule has 4 N–H and O–H groups in total. The molecule has 6 heteroatoms. The zero-order chi connectivity index (χ0) is 20.8. The van der Waals surface area contributed by atoms with E-state index >= 15 is 0 Å². The van der Waals surface area contributed by atoms with Crippen molar-refractivity contribution in [1.82, 2.24) is 0 Å². The van der Waals surface area contributed by atoms with E-state index in [1.54, 1.807) is 72.8 Å². The number of aromatic carboxylic acids is 2. The summed E-state index contributed by atoms with van der Waals surface area (Å²) in [5, 5.41) is 34.2. The van der Waals surface area contributed by atoms with Crippen LogP contribution in [0.3, 0.4) is 0 Å². The molecule has 3 aromatic carbocycles. The molecule has 0 aliphatic heterocycles. The summed E-state index contributed by atoms with van der Waals surface area (Å²) >= 11 is 0. The van der Waals surface area contributed by atoms with Gasteiger partial charge >= 0.3 is 11.9 Å². The lowest BCUT2D eigenvalue weighted by Crippen LogP contribution is -1.93. The highest BCUT2D eigenvalue weighted by atomic mass is 16.4. The summed E-state index contributed by atoms with van der Waals surface area (Å²) in [5.41, 5.74) is 2.25. The molecule has 146 valence electrons. The number of carboxylic acid groups (broad SMARTS) is 2. The molecule has 0 spiro atoms. The van der Waals surface area contributed by atoms with E-state index in [-0.39, 0.29) is 13.2 Å². The number of aliphatic hydroxyl groups excluding tert-OH is 2. The van der Waals surface area contributed by atoms with Crippen molar-refractivity contribution < 1.29 is 30.0 Å². The fourth-order valence-corrected chi connectivity index (χ4v) is 2.03. The molecule has 28 heavy (non-hydrogen) atoms. The van der Waals surface area contributed by atoms with E-state index in [2.05, 4.69) is 0 Å². The number of aliphatic hydroxyl groups is 2. The van der Waals surface area contributed by atoms with Gasteiger partial charge in [0.05, 0.1) is 24.3 Å². The van der Waals surface area contributed by atoms with E-state index in [9.17, 15) is 9.59 Å². The highest BCUT2D eigenvalue weighted by Crippen LogP contribution is 2.07. The van der Waals surface area contributed by atoms with Crippen LogP contribution in [0, 0.1) is 0 Å². The molecule has 0 heterocycles. The number of hydrogen-bond acceptors (Lipinski definition) is 4. The van der Waals surface area contributed by atoms with Crippen LogP contribution in [0.2, 0.25) is 0 Å². The molecule has 0 aliphatic rings. The van der Waals surface area contributed by atoms with E-state index in [4.69, 9.17) is 20.4 Å². The third-order valence-corrected chi connectivity index (χ3v) is 3.50. The maximum atomic E-state index is 10.2. The normalized spacial score (nSPS) is 9.21. The SMILES string of the molecule is O=C(O)c1ccccc1.O=C(O)c1ccccc1.OCc1ccccc1CO. The van der Waals surface area contributed by atoms with Crippen molar-refractivity contribution >= 4 is 11.9 Å². The van der Waals surface area contributed by atoms with Crippen LogP contribution in [0.4, 0.5) is 0 Å². The summed E-state index contributed by atoms with van der Waals surface area (Å²) in [6.45, 7) is -0.00648. The third kappa shape index (κ3) is 8.27. The predicted octanol–water partition coefficient (Wildman–Crippen LogP) is 3.44. The maximum absolute atomic E-state index is 10.2. The first-order valence-corrected chi connectivity index (χ1v) is 8.34. The lowest BCUT2D eigenvalue weighted by atomic mass is 10.1. The first-order valence-electron chi connectivity index (χ1n) is 8.34. The lowest BCUT2D eigenvalue weighted by molar-refractivity contribution is 0.0686. The minimum absolute atomic E-state index is 0.00324. The Morgan fingerprint density at radius 1 is 0.536 bits per heavy atom. The smallest absolute Gasteiger partial charge is 0.335 e. The largest absolute Gasteiger partial charge is 0.478 e. The van der Waals surface area contributed by atoms with Crippen LogP contribution in [0.25, 0.3) is 0 Å². The molecule has 6 nitrogen and oxygen atoms in total. The second-order valence-electron chi connectivity index (χ2n) is 5.43. The Morgan fingerprint density at radius 3 is 1.04 bits per heavy atom. The Kier molecular flexibility index (Phi) is 10.3. The Balaban J connectivity index is 0.000000210. The monoisotopic (exact) mass is 382 g/mol. The molecule has 0 saturated heterocycles. The van der Waals surface area contributed by atoms with Crippen molar-refractivity contribution in [2.75, 3.05) is 0 Å². The van der Waals surface area contributed by atoms with Crippen molar-refractivity contribution in [3.05, 3.63) is 107 Å². The quantitative estimate of drug-likeness (QED) is 0.549. The molecule has 0 fully saturated rings. The van der Waals surface area contributed by atoms with Crippen molar-refractivity contribution in [3.63, 3.8) is 0 Å². The van der Waals surface area contributed by atoms with Crippen molar-refractivity contribution in [1.29, 1.82) is 0 Å². The Hall–Kier alpha value is -3.48. The van der Waals surface area contributed by atoms with Gasteiger partial charge in [0.25, 0.3) is 0 Å². The summed E-state index contributed by atoms with van der Waals surface area (Å²) < 4.78 is 0. The van der Waals surface area contributed by atoms with Gasteiger partial charge < -0.3 is 20.4 Å².